The molecule has 0 saturated carbocycles. The van der Waals surface area contributed by atoms with E-state index < -0.39 is 0 Å². The van der Waals surface area contributed by atoms with Gasteiger partial charge in [0.2, 0.25) is 6.79 Å². The summed E-state index contributed by atoms with van der Waals surface area (Å²) in [4.78, 5) is 22.5. The van der Waals surface area contributed by atoms with E-state index in [-0.39, 0.29) is 12.7 Å². The molecule has 0 bridgehead atoms. The quantitative estimate of drug-likeness (QED) is 0.552. The van der Waals surface area contributed by atoms with Crippen LogP contribution in [-0.4, -0.2) is 22.7 Å². The number of fused-ring (bicyclic) bond motifs is 2. The Bertz CT molecular complexity index is 1190. The number of pyridine rings is 1. The third-order valence-corrected chi connectivity index (χ3v) is 5.55. The number of anilines is 1. The Labute approximate surface area is 164 Å². The van der Waals surface area contributed by atoms with Gasteiger partial charge < -0.3 is 14.8 Å². The van der Waals surface area contributed by atoms with Gasteiger partial charge >= 0.3 is 0 Å². The van der Waals surface area contributed by atoms with E-state index in [9.17, 15) is 4.79 Å². The van der Waals surface area contributed by atoms with Crippen LogP contribution in [0.3, 0.4) is 0 Å². The highest BCUT2D eigenvalue weighted by atomic mass is 32.1. The summed E-state index contributed by atoms with van der Waals surface area (Å²) < 4.78 is 10.6. The molecule has 0 radical (unpaired) electrons. The molecular formula is C21H15N3O3S. The molecule has 4 aromatic rings. The number of carbonyl (C=O) groups is 1. The van der Waals surface area contributed by atoms with Crippen molar-refractivity contribution in [2.75, 3.05) is 12.1 Å². The van der Waals surface area contributed by atoms with Crippen LogP contribution >= 0.6 is 11.3 Å². The first-order valence-corrected chi connectivity index (χ1v) is 9.52. The number of aromatic nitrogens is 2. The lowest BCUT2D eigenvalue weighted by Gasteiger charge is -2.10. The number of thiazole rings is 1. The molecule has 1 aliphatic heterocycles. The van der Waals surface area contributed by atoms with Crippen LogP contribution < -0.4 is 14.8 Å². The molecule has 0 atom stereocenters. The van der Waals surface area contributed by atoms with Crippen LogP contribution in [-0.2, 0) is 0 Å². The van der Waals surface area contributed by atoms with Crippen LogP contribution in [0.15, 0.2) is 54.7 Å². The van der Waals surface area contributed by atoms with Crippen LogP contribution in [0.4, 0.5) is 5.69 Å². The SMILES string of the molecule is Cc1cc(-c2nc3cccnc3s2)ccc1NC(=O)c1ccc2c(c1)OCO2. The second-order valence-corrected chi connectivity index (χ2v) is 7.38. The standard InChI is InChI=1S/C21H15N3O3S/c1-12-9-14(20-24-16-3-2-8-22-21(16)28-20)4-6-15(12)23-19(25)13-5-7-17-18(10-13)27-11-26-17/h2-10H,11H2,1H3,(H,23,25). The number of carbonyl (C=O) groups excluding carboxylic acids is 1. The summed E-state index contributed by atoms with van der Waals surface area (Å²) in [5.41, 5.74) is 4.12. The van der Waals surface area contributed by atoms with Crippen molar-refractivity contribution in [2.24, 2.45) is 0 Å². The lowest BCUT2D eigenvalue weighted by molar-refractivity contribution is 0.102. The molecule has 0 fully saturated rings. The Morgan fingerprint density at radius 3 is 2.86 bits per heavy atom. The molecule has 1 N–H and O–H groups in total. The second-order valence-electron chi connectivity index (χ2n) is 6.40. The average Bonchev–Trinajstić information content (AvgIpc) is 3.35. The van der Waals surface area contributed by atoms with Crippen molar-refractivity contribution in [2.45, 2.75) is 6.92 Å². The van der Waals surface area contributed by atoms with Crippen molar-refractivity contribution in [3.63, 3.8) is 0 Å². The Kier molecular flexibility index (Phi) is 3.95. The number of ether oxygens (including phenoxy) is 2. The topological polar surface area (TPSA) is 73.3 Å². The highest BCUT2D eigenvalue weighted by molar-refractivity contribution is 7.21. The molecule has 0 spiro atoms. The van der Waals surface area contributed by atoms with Gasteiger partial charge in [-0.3, -0.25) is 4.79 Å². The van der Waals surface area contributed by atoms with Gasteiger partial charge in [0.05, 0.1) is 0 Å². The van der Waals surface area contributed by atoms with Crippen molar-refractivity contribution in [3.05, 3.63) is 65.9 Å². The van der Waals surface area contributed by atoms with Crippen molar-refractivity contribution >= 4 is 33.3 Å². The summed E-state index contributed by atoms with van der Waals surface area (Å²) in [5.74, 6) is 1.05. The largest absolute Gasteiger partial charge is 0.454 e. The van der Waals surface area contributed by atoms with Crippen LogP contribution in [0.1, 0.15) is 15.9 Å². The number of hydrogen-bond donors (Lipinski definition) is 1. The van der Waals surface area contributed by atoms with Crippen LogP contribution in [0.5, 0.6) is 11.5 Å². The maximum absolute atomic E-state index is 12.6. The molecule has 0 aliphatic carbocycles. The molecule has 3 heterocycles. The normalized spacial score (nSPS) is 12.3. The molecule has 0 unspecified atom stereocenters. The minimum absolute atomic E-state index is 0.183. The molecule has 0 saturated heterocycles. The van der Waals surface area contributed by atoms with E-state index in [0.29, 0.717) is 17.1 Å². The third-order valence-electron chi connectivity index (χ3n) is 4.52. The van der Waals surface area contributed by atoms with Crippen LogP contribution in [0, 0.1) is 6.92 Å². The number of benzene rings is 2. The predicted octanol–water partition coefficient (Wildman–Crippen LogP) is 4.65. The zero-order valence-electron chi connectivity index (χ0n) is 14.9. The van der Waals surface area contributed by atoms with E-state index in [1.54, 1.807) is 35.7 Å². The van der Waals surface area contributed by atoms with Gasteiger partial charge in [0.15, 0.2) is 11.5 Å². The molecule has 138 valence electrons. The van der Waals surface area contributed by atoms with Crippen molar-refractivity contribution in [1.29, 1.82) is 0 Å². The van der Waals surface area contributed by atoms with Gasteiger partial charge in [0.25, 0.3) is 5.91 Å². The Hall–Kier alpha value is -3.45. The summed E-state index contributed by atoms with van der Waals surface area (Å²) in [6.07, 6.45) is 1.77. The molecule has 28 heavy (non-hydrogen) atoms. The Morgan fingerprint density at radius 1 is 1.11 bits per heavy atom. The monoisotopic (exact) mass is 389 g/mol. The van der Waals surface area contributed by atoms with E-state index in [0.717, 1.165) is 32.2 Å². The van der Waals surface area contributed by atoms with Gasteiger partial charge in [-0.1, -0.05) is 11.3 Å². The average molecular weight is 389 g/mol. The fourth-order valence-electron chi connectivity index (χ4n) is 3.06. The van der Waals surface area contributed by atoms with Gasteiger partial charge in [-0.05, 0) is 61.0 Å². The van der Waals surface area contributed by atoms with Crippen LogP contribution in [0.25, 0.3) is 20.9 Å². The van der Waals surface area contributed by atoms with Gasteiger partial charge in [-0.15, -0.1) is 0 Å². The summed E-state index contributed by atoms with van der Waals surface area (Å²) in [6.45, 7) is 2.15. The summed E-state index contributed by atoms with van der Waals surface area (Å²) in [5, 5.41) is 3.87. The van der Waals surface area contributed by atoms with E-state index >= 15 is 0 Å². The third kappa shape index (κ3) is 2.95. The van der Waals surface area contributed by atoms with Crippen molar-refractivity contribution < 1.29 is 14.3 Å². The molecule has 2 aromatic carbocycles. The lowest BCUT2D eigenvalue weighted by Crippen LogP contribution is -2.12. The lowest BCUT2D eigenvalue weighted by atomic mass is 10.1. The minimum atomic E-state index is -0.196. The van der Waals surface area contributed by atoms with E-state index in [1.807, 2.05) is 37.3 Å². The predicted molar refractivity (Wildman–Crippen MR) is 108 cm³/mol. The van der Waals surface area contributed by atoms with Gasteiger partial charge in [-0.2, -0.15) is 0 Å². The molecule has 1 amide bonds. The molecule has 1 aliphatic rings. The number of aryl methyl sites for hydroxylation is 1. The highest BCUT2D eigenvalue weighted by Gasteiger charge is 2.17. The second kappa shape index (κ2) is 6.61. The number of nitrogens with one attached hydrogen (secondary N) is 1. The van der Waals surface area contributed by atoms with E-state index in [2.05, 4.69) is 15.3 Å². The summed E-state index contributed by atoms with van der Waals surface area (Å²) >= 11 is 1.55. The Balaban J connectivity index is 1.39. The summed E-state index contributed by atoms with van der Waals surface area (Å²) in [6, 6.07) is 14.9. The van der Waals surface area contributed by atoms with Gasteiger partial charge in [0, 0.05) is 23.0 Å². The molecular weight excluding hydrogens is 374 g/mol. The Morgan fingerprint density at radius 2 is 2.00 bits per heavy atom. The summed E-state index contributed by atoms with van der Waals surface area (Å²) in [7, 11) is 0. The first-order valence-electron chi connectivity index (χ1n) is 8.71. The number of hydrogen-bond acceptors (Lipinski definition) is 6. The fourth-order valence-corrected chi connectivity index (χ4v) is 3.97. The number of rotatable bonds is 3. The number of nitrogens with zero attached hydrogens (tertiary/aromatic N) is 2. The first-order chi connectivity index (χ1) is 13.7. The molecule has 5 rings (SSSR count). The zero-order chi connectivity index (χ0) is 19.1. The van der Waals surface area contributed by atoms with Crippen molar-refractivity contribution in [1.82, 2.24) is 9.97 Å². The zero-order valence-corrected chi connectivity index (χ0v) is 15.7. The molecule has 6 nitrogen and oxygen atoms in total. The molecule has 2 aromatic heterocycles. The fraction of sp³-hybridized carbons (Fsp3) is 0.0952. The molecule has 7 heteroatoms. The van der Waals surface area contributed by atoms with Crippen molar-refractivity contribution in [3.8, 4) is 22.1 Å². The minimum Gasteiger partial charge on any atom is -0.454 e. The highest BCUT2D eigenvalue weighted by Crippen LogP contribution is 2.33. The van der Waals surface area contributed by atoms with E-state index in [1.165, 1.54) is 0 Å². The van der Waals surface area contributed by atoms with E-state index in [4.69, 9.17) is 9.47 Å². The first kappa shape index (κ1) is 16.7. The van der Waals surface area contributed by atoms with Gasteiger partial charge in [0.1, 0.15) is 15.4 Å². The number of amides is 1. The van der Waals surface area contributed by atoms with Gasteiger partial charge in [-0.25, -0.2) is 9.97 Å². The smallest absolute Gasteiger partial charge is 0.255 e. The maximum atomic E-state index is 12.6. The van der Waals surface area contributed by atoms with Crippen LogP contribution in [0.2, 0.25) is 0 Å². The maximum Gasteiger partial charge on any atom is 0.255 e.